The fourth-order valence-electron chi connectivity index (χ4n) is 2.43. The topological polar surface area (TPSA) is 70.5 Å². The summed E-state index contributed by atoms with van der Waals surface area (Å²) in [4.78, 5) is 30.4. The molecule has 1 aliphatic carbocycles. The van der Waals surface area contributed by atoms with E-state index >= 15 is 0 Å². The average molecular weight is 324 g/mol. The van der Waals surface area contributed by atoms with Crippen LogP contribution in [0.4, 0.5) is 0 Å². The fraction of sp³-hybridized carbons (Fsp3) is 0.500. The van der Waals surface area contributed by atoms with Crippen LogP contribution in [-0.4, -0.2) is 49.8 Å². The van der Waals surface area contributed by atoms with Gasteiger partial charge >= 0.3 is 5.97 Å². The van der Waals surface area contributed by atoms with Crippen molar-refractivity contribution in [1.82, 2.24) is 9.88 Å². The predicted molar refractivity (Wildman–Crippen MR) is 82.2 cm³/mol. The highest BCUT2D eigenvalue weighted by atomic mass is 32.2. The van der Waals surface area contributed by atoms with E-state index in [2.05, 4.69) is 4.98 Å². The molecule has 2 fully saturated rings. The van der Waals surface area contributed by atoms with Crippen molar-refractivity contribution in [2.75, 3.05) is 11.5 Å². The van der Waals surface area contributed by atoms with Gasteiger partial charge in [0.15, 0.2) is 0 Å². The molecule has 1 aromatic rings. The van der Waals surface area contributed by atoms with Gasteiger partial charge < -0.3 is 10.0 Å². The van der Waals surface area contributed by atoms with Crippen molar-refractivity contribution in [3.8, 4) is 0 Å². The van der Waals surface area contributed by atoms with Crippen LogP contribution in [0.1, 0.15) is 12.8 Å². The third-order valence-corrected chi connectivity index (χ3v) is 6.10. The molecule has 112 valence electrons. The quantitative estimate of drug-likeness (QED) is 0.835. The Kier molecular flexibility index (Phi) is 4.40. The molecule has 2 atom stereocenters. The molecule has 21 heavy (non-hydrogen) atoms. The Labute approximate surface area is 131 Å². The van der Waals surface area contributed by atoms with Crippen LogP contribution in [0.5, 0.6) is 0 Å². The van der Waals surface area contributed by atoms with Gasteiger partial charge in [0.05, 0.1) is 11.1 Å². The maximum absolute atomic E-state index is 12.5. The zero-order valence-corrected chi connectivity index (χ0v) is 13.0. The van der Waals surface area contributed by atoms with Crippen LogP contribution >= 0.6 is 23.5 Å². The van der Waals surface area contributed by atoms with Crippen LogP contribution < -0.4 is 0 Å². The normalized spacial score (nSPS) is 25.0. The summed E-state index contributed by atoms with van der Waals surface area (Å²) in [6, 6.07) is 3.03. The number of aromatic nitrogens is 1. The number of hydrogen-bond donors (Lipinski definition) is 1. The minimum absolute atomic E-state index is 0.0524. The number of carboxylic acids is 1. The summed E-state index contributed by atoms with van der Waals surface area (Å²) in [5, 5.41) is 9.37. The first-order valence-electron chi connectivity index (χ1n) is 6.85. The Balaban J connectivity index is 1.66. The molecule has 0 bridgehead atoms. The number of nitrogens with zero attached hydrogens (tertiary/aromatic N) is 2. The Morgan fingerprint density at radius 1 is 1.38 bits per heavy atom. The molecule has 7 heteroatoms. The maximum atomic E-state index is 12.5. The first-order valence-corrected chi connectivity index (χ1v) is 8.88. The summed E-state index contributed by atoms with van der Waals surface area (Å²) in [5.74, 6) is 0.285. The molecule has 1 aromatic heterocycles. The van der Waals surface area contributed by atoms with Crippen molar-refractivity contribution in [2.24, 2.45) is 5.92 Å². The van der Waals surface area contributed by atoms with E-state index < -0.39 is 12.0 Å². The van der Waals surface area contributed by atoms with E-state index in [1.165, 1.54) is 11.8 Å². The van der Waals surface area contributed by atoms with E-state index in [1.807, 2.05) is 12.1 Å². The lowest BCUT2D eigenvalue weighted by atomic mass is 10.2. The third-order valence-electron chi connectivity index (χ3n) is 3.65. The Bertz CT molecular complexity index is 536. The van der Waals surface area contributed by atoms with Gasteiger partial charge in [-0.25, -0.2) is 4.79 Å². The lowest BCUT2D eigenvalue weighted by molar-refractivity contribution is -0.148. The zero-order valence-electron chi connectivity index (χ0n) is 11.3. The average Bonchev–Trinajstić information content (AvgIpc) is 3.24. The molecule has 2 aliphatic rings. The monoisotopic (exact) mass is 324 g/mol. The molecule has 5 nitrogen and oxygen atoms in total. The molecule has 1 amide bonds. The van der Waals surface area contributed by atoms with Crippen molar-refractivity contribution in [3.05, 3.63) is 24.5 Å². The van der Waals surface area contributed by atoms with Crippen molar-refractivity contribution in [2.45, 2.75) is 29.2 Å². The predicted octanol–water partition coefficient (Wildman–Crippen LogP) is 1.94. The molecule has 1 saturated heterocycles. The first kappa shape index (κ1) is 14.7. The number of carbonyl (C=O) groups is 2. The molecule has 0 spiro atoms. The zero-order chi connectivity index (χ0) is 14.8. The van der Waals surface area contributed by atoms with Crippen LogP contribution in [0.2, 0.25) is 0 Å². The Morgan fingerprint density at radius 3 is 2.71 bits per heavy atom. The molecule has 1 N–H and O–H groups in total. The number of hydrogen-bond acceptors (Lipinski definition) is 5. The molecule has 0 aromatic carbocycles. The van der Waals surface area contributed by atoms with Gasteiger partial charge in [-0.3, -0.25) is 9.78 Å². The van der Waals surface area contributed by atoms with Crippen LogP contribution in [-0.2, 0) is 9.59 Å². The minimum Gasteiger partial charge on any atom is -0.480 e. The summed E-state index contributed by atoms with van der Waals surface area (Å²) in [6.45, 7) is 0. The Morgan fingerprint density at radius 2 is 2.10 bits per heavy atom. The molecule has 1 saturated carbocycles. The van der Waals surface area contributed by atoms with Crippen molar-refractivity contribution < 1.29 is 14.7 Å². The second-order valence-corrected chi connectivity index (χ2v) is 7.39. The van der Waals surface area contributed by atoms with E-state index in [0.29, 0.717) is 11.7 Å². The van der Waals surface area contributed by atoms with E-state index in [4.69, 9.17) is 0 Å². The number of carboxylic acid groups (broad SMARTS) is 1. The van der Waals surface area contributed by atoms with E-state index in [0.717, 1.165) is 17.7 Å². The third kappa shape index (κ3) is 3.35. The second-order valence-electron chi connectivity index (χ2n) is 5.19. The lowest BCUT2D eigenvalue weighted by Gasteiger charge is -2.27. The van der Waals surface area contributed by atoms with Crippen LogP contribution in [0.3, 0.4) is 0 Å². The summed E-state index contributed by atoms with van der Waals surface area (Å²) in [7, 11) is 0. The van der Waals surface area contributed by atoms with Crippen LogP contribution in [0, 0.1) is 5.92 Å². The minimum atomic E-state index is -0.895. The molecule has 3 rings (SSSR count). The number of carbonyl (C=O) groups excluding carboxylic acids is 1. The van der Waals surface area contributed by atoms with Gasteiger partial charge in [0, 0.05) is 23.0 Å². The number of pyridine rings is 1. The van der Waals surface area contributed by atoms with Gasteiger partial charge in [0.2, 0.25) is 5.91 Å². The molecule has 2 heterocycles. The number of aliphatic carboxylic acids is 1. The van der Waals surface area contributed by atoms with Crippen LogP contribution in [0.15, 0.2) is 29.4 Å². The Hall–Kier alpha value is -1.21. The van der Waals surface area contributed by atoms with Gasteiger partial charge in [-0.1, -0.05) is 0 Å². The van der Waals surface area contributed by atoms with Gasteiger partial charge in [-0.05, 0) is 30.9 Å². The van der Waals surface area contributed by atoms with Crippen molar-refractivity contribution in [1.29, 1.82) is 0 Å². The highest BCUT2D eigenvalue weighted by molar-refractivity contribution is 8.00. The summed E-state index contributed by atoms with van der Waals surface area (Å²) >= 11 is 3.04. The summed E-state index contributed by atoms with van der Waals surface area (Å²) in [5.41, 5.74) is 0. The van der Waals surface area contributed by atoms with Crippen molar-refractivity contribution >= 4 is 35.4 Å². The molecule has 1 aliphatic heterocycles. The van der Waals surface area contributed by atoms with Gasteiger partial charge in [0.25, 0.3) is 0 Å². The first-order chi connectivity index (χ1) is 10.2. The SMILES string of the molecule is O=C(O)C1CSC(C2CC2)N1C(=O)CSc1ccncc1. The van der Waals surface area contributed by atoms with E-state index in [9.17, 15) is 14.7 Å². The number of thioether (sulfide) groups is 2. The van der Waals surface area contributed by atoms with Crippen molar-refractivity contribution in [3.63, 3.8) is 0 Å². The van der Waals surface area contributed by atoms with Crippen LogP contribution in [0.25, 0.3) is 0 Å². The van der Waals surface area contributed by atoms with Gasteiger partial charge in [-0.15, -0.1) is 23.5 Å². The van der Waals surface area contributed by atoms with E-state index in [1.54, 1.807) is 29.1 Å². The summed E-state index contributed by atoms with van der Waals surface area (Å²) < 4.78 is 0. The largest absolute Gasteiger partial charge is 0.480 e. The summed E-state index contributed by atoms with van der Waals surface area (Å²) in [6.07, 6.45) is 5.58. The highest BCUT2D eigenvalue weighted by Gasteiger charge is 2.47. The van der Waals surface area contributed by atoms with Gasteiger partial charge in [-0.2, -0.15) is 0 Å². The highest BCUT2D eigenvalue weighted by Crippen LogP contribution is 2.45. The smallest absolute Gasteiger partial charge is 0.327 e. The molecule has 2 unspecified atom stereocenters. The lowest BCUT2D eigenvalue weighted by Crippen LogP contribution is -2.47. The molecular formula is C14H16N2O3S2. The standard InChI is InChI=1S/C14H16N2O3S2/c17-12(8-20-10-3-5-15-6-4-10)16-11(14(18)19)7-21-13(16)9-1-2-9/h3-6,9,11,13H,1-2,7-8H2,(H,18,19). The molecular weight excluding hydrogens is 308 g/mol. The second kappa shape index (κ2) is 6.27. The molecule has 0 radical (unpaired) electrons. The fourth-order valence-corrected chi connectivity index (χ4v) is 4.84. The van der Waals surface area contributed by atoms with Gasteiger partial charge in [0.1, 0.15) is 6.04 Å². The maximum Gasteiger partial charge on any atom is 0.327 e. The van der Waals surface area contributed by atoms with E-state index in [-0.39, 0.29) is 17.0 Å². The number of rotatable bonds is 5. The number of amides is 1.